The van der Waals surface area contributed by atoms with Crippen molar-refractivity contribution in [2.75, 3.05) is 26.7 Å². The van der Waals surface area contributed by atoms with Gasteiger partial charge in [0.25, 0.3) is 0 Å². The predicted octanol–water partition coefficient (Wildman–Crippen LogP) is 0.807. The third-order valence-electron chi connectivity index (χ3n) is 3.07. The number of hydrogen-bond acceptors (Lipinski definition) is 3. The van der Waals surface area contributed by atoms with Gasteiger partial charge in [-0.05, 0) is 27.3 Å². The molecule has 2 saturated heterocycles. The van der Waals surface area contributed by atoms with E-state index in [0.29, 0.717) is 0 Å². The summed E-state index contributed by atoms with van der Waals surface area (Å²) in [6.07, 6.45) is 2.23. The van der Waals surface area contributed by atoms with Crippen LogP contribution in [-0.2, 0) is 4.74 Å². The van der Waals surface area contributed by atoms with E-state index < -0.39 is 0 Å². The summed E-state index contributed by atoms with van der Waals surface area (Å²) in [6.45, 7) is 7.63. The average molecular weight is 184 g/mol. The van der Waals surface area contributed by atoms with Crippen molar-refractivity contribution in [1.82, 2.24) is 10.2 Å². The topological polar surface area (TPSA) is 24.5 Å². The number of likely N-dealkylation sites (N-methyl/N-ethyl adjacent to an activating group) is 1. The van der Waals surface area contributed by atoms with Crippen LogP contribution in [0, 0.1) is 0 Å². The van der Waals surface area contributed by atoms with Crippen molar-refractivity contribution in [3.8, 4) is 0 Å². The molecule has 0 bridgehead atoms. The summed E-state index contributed by atoms with van der Waals surface area (Å²) < 4.78 is 6.14. The van der Waals surface area contributed by atoms with Crippen LogP contribution in [0.2, 0.25) is 0 Å². The predicted molar refractivity (Wildman–Crippen MR) is 52.6 cm³/mol. The van der Waals surface area contributed by atoms with E-state index in [1.807, 2.05) is 0 Å². The first-order valence-electron chi connectivity index (χ1n) is 5.15. The van der Waals surface area contributed by atoms with Crippen LogP contribution in [0.4, 0.5) is 0 Å². The second-order valence-corrected chi connectivity index (χ2v) is 5.02. The van der Waals surface area contributed by atoms with Crippen LogP contribution in [0.15, 0.2) is 0 Å². The van der Waals surface area contributed by atoms with E-state index >= 15 is 0 Å². The molecule has 2 aliphatic heterocycles. The van der Waals surface area contributed by atoms with Gasteiger partial charge < -0.3 is 9.64 Å². The molecule has 0 aromatic heterocycles. The minimum atomic E-state index is -0.0451. The second-order valence-electron chi connectivity index (χ2n) is 5.02. The van der Waals surface area contributed by atoms with E-state index in [4.69, 9.17) is 4.74 Å². The fourth-order valence-corrected chi connectivity index (χ4v) is 2.40. The van der Waals surface area contributed by atoms with Crippen molar-refractivity contribution < 1.29 is 4.74 Å². The smallest absolute Gasteiger partial charge is 0.133 e. The summed E-state index contributed by atoms with van der Waals surface area (Å²) in [5.41, 5.74) is 0.00687. The first kappa shape index (κ1) is 9.44. The van der Waals surface area contributed by atoms with Gasteiger partial charge in [0, 0.05) is 26.1 Å². The normalized spacial score (nSPS) is 39.9. The Morgan fingerprint density at radius 2 is 2.08 bits per heavy atom. The molecule has 1 spiro atoms. The zero-order valence-electron chi connectivity index (χ0n) is 8.89. The van der Waals surface area contributed by atoms with Crippen LogP contribution >= 0.6 is 0 Å². The Morgan fingerprint density at radius 1 is 1.31 bits per heavy atom. The molecule has 1 unspecified atom stereocenters. The summed E-state index contributed by atoms with van der Waals surface area (Å²) >= 11 is 0. The maximum Gasteiger partial charge on any atom is 0.133 e. The van der Waals surface area contributed by atoms with Crippen molar-refractivity contribution in [3.05, 3.63) is 0 Å². The minimum absolute atomic E-state index is 0.0451. The van der Waals surface area contributed by atoms with E-state index in [1.54, 1.807) is 0 Å². The fourth-order valence-electron chi connectivity index (χ4n) is 2.40. The van der Waals surface area contributed by atoms with Crippen LogP contribution in [0.3, 0.4) is 0 Å². The van der Waals surface area contributed by atoms with E-state index in [2.05, 4.69) is 31.1 Å². The van der Waals surface area contributed by atoms with Gasteiger partial charge in [0.1, 0.15) is 5.72 Å². The first-order valence-corrected chi connectivity index (χ1v) is 5.15. The minimum Gasteiger partial charge on any atom is -0.353 e. The highest BCUT2D eigenvalue weighted by molar-refractivity contribution is 4.94. The number of nitrogens with zero attached hydrogens (tertiary/aromatic N) is 1. The molecule has 1 N–H and O–H groups in total. The maximum absolute atomic E-state index is 6.14. The zero-order chi connectivity index (χ0) is 9.53. The molecule has 1 atom stereocenters. The van der Waals surface area contributed by atoms with Crippen LogP contribution in [-0.4, -0.2) is 42.9 Å². The molecule has 13 heavy (non-hydrogen) atoms. The Balaban J connectivity index is 2.07. The van der Waals surface area contributed by atoms with E-state index in [-0.39, 0.29) is 11.3 Å². The Hall–Kier alpha value is -0.120. The van der Waals surface area contributed by atoms with Gasteiger partial charge in [0.05, 0.1) is 5.60 Å². The van der Waals surface area contributed by atoms with E-state index in [1.165, 1.54) is 0 Å². The van der Waals surface area contributed by atoms with Crippen molar-refractivity contribution in [3.63, 3.8) is 0 Å². The molecule has 0 aromatic rings. The lowest BCUT2D eigenvalue weighted by Crippen LogP contribution is -2.59. The molecule has 3 heteroatoms. The van der Waals surface area contributed by atoms with Gasteiger partial charge in [0.2, 0.25) is 0 Å². The highest BCUT2D eigenvalue weighted by atomic mass is 16.5. The molecule has 0 amide bonds. The molecule has 2 aliphatic rings. The summed E-state index contributed by atoms with van der Waals surface area (Å²) in [7, 11) is 2.15. The standard InChI is InChI=1S/C10H20N2O/c1-9(2)4-6-11-10(13-9)5-7-12(3)8-10/h11H,4-8H2,1-3H3. The number of hydrogen-bond donors (Lipinski definition) is 1. The highest BCUT2D eigenvalue weighted by Gasteiger charge is 2.44. The molecule has 2 heterocycles. The average Bonchev–Trinajstić information content (AvgIpc) is 2.29. The molecule has 0 saturated carbocycles. The van der Waals surface area contributed by atoms with E-state index in [0.717, 1.165) is 32.5 Å². The summed E-state index contributed by atoms with van der Waals surface area (Å²) in [5.74, 6) is 0. The Morgan fingerprint density at radius 3 is 2.62 bits per heavy atom. The molecule has 0 radical (unpaired) electrons. The first-order chi connectivity index (χ1) is 6.02. The quantitative estimate of drug-likeness (QED) is 0.603. The monoisotopic (exact) mass is 184 g/mol. The van der Waals surface area contributed by atoms with Gasteiger partial charge in [0.15, 0.2) is 0 Å². The number of rotatable bonds is 0. The van der Waals surface area contributed by atoms with Gasteiger partial charge in [-0.3, -0.25) is 5.32 Å². The molecular formula is C10H20N2O. The summed E-state index contributed by atoms with van der Waals surface area (Å²) in [4.78, 5) is 2.33. The van der Waals surface area contributed by atoms with Crippen molar-refractivity contribution >= 4 is 0 Å². The number of likely N-dealkylation sites (tertiary alicyclic amines) is 1. The van der Waals surface area contributed by atoms with Crippen molar-refractivity contribution in [2.24, 2.45) is 0 Å². The van der Waals surface area contributed by atoms with Crippen LogP contribution in [0.1, 0.15) is 26.7 Å². The molecule has 2 fully saturated rings. The lowest BCUT2D eigenvalue weighted by molar-refractivity contribution is -0.177. The summed E-state index contributed by atoms with van der Waals surface area (Å²) in [5, 5.41) is 3.52. The Labute approximate surface area is 80.4 Å². The molecule has 3 nitrogen and oxygen atoms in total. The zero-order valence-corrected chi connectivity index (χ0v) is 8.89. The van der Waals surface area contributed by atoms with Crippen LogP contribution in [0.5, 0.6) is 0 Å². The van der Waals surface area contributed by atoms with Gasteiger partial charge >= 0.3 is 0 Å². The lowest BCUT2D eigenvalue weighted by atomic mass is 9.99. The fraction of sp³-hybridized carbons (Fsp3) is 1.00. The lowest BCUT2D eigenvalue weighted by Gasteiger charge is -2.44. The summed E-state index contributed by atoms with van der Waals surface area (Å²) in [6, 6.07) is 0. The molecule has 0 aromatic carbocycles. The van der Waals surface area contributed by atoms with Gasteiger partial charge in [-0.15, -0.1) is 0 Å². The van der Waals surface area contributed by atoms with Crippen LogP contribution in [0.25, 0.3) is 0 Å². The number of ether oxygens (including phenoxy) is 1. The number of nitrogens with one attached hydrogen (secondary N) is 1. The maximum atomic E-state index is 6.14. The van der Waals surface area contributed by atoms with Crippen molar-refractivity contribution in [2.45, 2.75) is 38.0 Å². The third kappa shape index (κ3) is 1.87. The van der Waals surface area contributed by atoms with E-state index in [9.17, 15) is 0 Å². The second kappa shape index (κ2) is 2.94. The van der Waals surface area contributed by atoms with Gasteiger partial charge in [-0.1, -0.05) is 0 Å². The van der Waals surface area contributed by atoms with Gasteiger partial charge in [-0.25, -0.2) is 0 Å². The highest BCUT2D eigenvalue weighted by Crippen LogP contribution is 2.32. The largest absolute Gasteiger partial charge is 0.353 e. The third-order valence-corrected chi connectivity index (χ3v) is 3.07. The SMILES string of the molecule is CN1CCC2(C1)NCCC(C)(C)O2. The van der Waals surface area contributed by atoms with Gasteiger partial charge in [-0.2, -0.15) is 0 Å². The van der Waals surface area contributed by atoms with Crippen molar-refractivity contribution in [1.29, 1.82) is 0 Å². The van der Waals surface area contributed by atoms with Crippen LogP contribution < -0.4 is 5.32 Å². The Bertz CT molecular complexity index is 201. The molecule has 2 rings (SSSR count). The Kier molecular flexibility index (Phi) is 2.13. The molecule has 76 valence electrons. The molecule has 0 aliphatic carbocycles. The molecular weight excluding hydrogens is 164 g/mol.